The van der Waals surface area contributed by atoms with Crippen LogP contribution in [-0.4, -0.2) is 59.1 Å². The molecule has 0 aliphatic heterocycles. The number of hydrogen-bond acceptors (Lipinski definition) is 7. The molecule has 2 aromatic rings. The number of aromatic hydroxyl groups is 1. The Kier molecular flexibility index (Phi) is 10.7. The number of carbonyl (C=O) groups excluding carboxylic acids is 2. The summed E-state index contributed by atoms with van der Waals surface area (Å²) in [4.78, 5) is 31.3. The van der Waals surface area contributed by atoms with Gasteiger partial charge in [-0.2, -0.15) is 0 Å². The number of hydrogen-bond donors (Lipinski definition) is 3. The minimum absolute atomic E-state index is 0. The highest BCUT2D eigenvalue weighted by Gasteiger charge is 2.18. The molecule has 31 heavy (non-hydrogen) atoms. The summed E-state index contributed by atoms with van der Waals surface area (Å²) in [5.41, 5.74) is 0.271. The number of thiazole rings is 1. The molecule has 2 amide bonds. The highest BCUT2D eigenvalue weighted by Crippen LogP contribution is 2.32. The number of rotatable bonds is 9. The van der Waals surface area contributed by atoms with Crippen LogP contribution in [0.25, 0.3) is 0 Å². The van der Waals surface area contributed by atoms with Gasteiger partial charge in [-0.05, 0) is 55.8 Å². The average molecular weight is 536 g/mol. The van der Waals surface area contributed by atoms with Crippen LogP contribution >= 0.6 is 39.7 Å². The van der Waals surface area contributed by atoms with E-state index in [1.54, 1.807) is 5.38 Å². The van der Waals surface area contributed by atoms with E-state index in [1.807, 2.05) is 0 Å². The molecular weight excluding hydrogens is 508 g/mol. The van der Waals surface area contributed by atoms with Gasteiger partial charge in [-0.15, -0.1) is 23.7 Å². The first-order chi connectivity index (χ1) is 14.1. The number of aromatic nitrogens is 1. The Balaban J connectivity index is 0.00000480. The number of carbonyl (C=O) groups is 2. The van der Waals surface area contributed by atoms with E-state index in [4.69, 9.17) is 4.74 Å². The molecule has 8 nitrogen and oxygen atoms in total. The Labute approximate surface area is 200 Å². The largest absolute Gasteiger partial charge is 0.507 e. The number of ether oxygens (including phenoxy) is 1. The van der Waals surface area contributed by atoms with E-state index in [1.165, 1.54) is 19.2 Å². The monoisotopic (exact) mass is 534 g/mol. The zero-order chi connectivity index (χ0) is 22.4. The maximum absolute atomic E-state index is 12.5. The van der Waals surface area contributed by atoms with Gasteiger partial charge in [-0.3, -0.25) is 19.8 Å². The Morgan fingerprint density at radius 3 is 2.45 bits per heavy atom. The molecule has 0 aliphatic carbocycles. The fourth-order valence-electron chi connectivity index (χ4n) is 2.98. The van der Waals surface area contributed by atoms with Crippen LogP contribution in [0, 0.1) is 0 Å². The number of anilines is 1. The predicted octanol–water partition coefficient (Wildman–Crippen LogP) is 4.14. The molecule has 1 aromatic carbocycles. The van der Waals surface area contributed by atoms with Crippen molar-refractivity contribution in [2.75, 3.05) is 25.5 Å². The smallest absolute Gasteiger partial charge is 0.270 e. The topological polar surface area (TPSA) is 104 Å². The standard InChI is InChI=1S/C20H27BrN4O4S.ClH/c1-11(2)25(12(3)4)7-6-22-19(28)15-10-30-20(23-15)24-18(27)13-8-17(29-5)14(21)9-16(13)26;/h8-12,26H,6-7H2,1-5H3,(H,22,28)(H,23,24,27);1H. The molecule has 0 atom stereocenters. The fraction of sp³-hybridized carbons (Fsp3) is 0.450. The molecule has 0 spiro atoms. The van der Waals surface area contributed by atoms with Crippen LogP contribution in [0.15, 0.2) is 22.0 Å². The lowest BCUT2D eigenvalue weighted by atomic mass is 10.2. The van der Waals surface area contributed by atoms with Gasteiger partial charge in [0.05, 0.1) is 17.1 Å². The van der Waals surface area contributed by atoms with Crippen molar-refractivity contribution in [2.45, 2.75) is 39.8 Å². The minimum atomic E-state index is -0.552. The van der Waals surface area contributed by atoms with E-state index in [0.29, 0.717) is 28.9 Å². The third kappa shape index (κ3) is 7.34. The second-order valence-electron chi connectivity index (χ2n) is 7.18. The van der Waals surface area contributed by atoms with Crippen molar-refractivity contribution in [3.63, 3.8) is 0 Å². The Morgan fingerprint density at radius 2 is 1.87 bits per heavy atom. The third-order valence-corrected chi connectivity index (χ3v) is 5.83. The van der Waals surface area contributed by atoms with Crippen molar-refractivity contribution in [1.29, 1.82) is 0 Å². The second kappa shape index (κ2) is 12.2. The molecule has 0 bridgehead atoms. The number of methoxy groups -OCH3 is 1. The molecule has 0 fully saturated rings. The summed E-state index contributed by atoms with van der Waals surface area (Å²) in [5, 5.41) is 17.3. The van der Waals surface area contributed by atoms with E-state index < -0.39 is 5.91 Å². The van der Waals surface area contributed by atoms with Crippen LogP contribution in [0.1, 0.15) is 48.5 Å². The van der Waals surface area contributed by atoms with Crippen molar-refractivity contribution < 1.29 is 19.4 Å². The van der Waals surface area contributed by atoms with Gasteiger partial charge in [0.2, 0.25) is 0 Å². The highest BCUT2D eigenvalue weighted by atomic mass is 79.9. The molecular formula is C20H28BrClN4O4S. The SMILES string of the molecule is COc1cc(C(=O)Nc2nc(C(=O)NCCN(C(C)C)C(C)C)cs2)c(O)cc1Br.Cl. The van der Waals surface area contributed by atoms with Gasteiger partial charge in [-0.25, -0.2) is 4.98 Å². The quantitative estimate of drug-likeness (QED) is 0.446. The van der Waals surface area contributed by atoms with Crippen LogP contribution in [0.5, 0.6) is 11.5 Å². The van der Waals surface area contributed by atoms with Gasteiger partial charge >= 0.3 is 0 Å². The first-order valence-electron chi connectivity index (χ1n) is 9.51. The van der Waals surface area contributed by atoms with Crippen molar-refractivity contribution in [2.24, 2.45) is 0 Å². The van der Waals surface area contributed by atoms with Crippen molar-refractivity contribution in [3.8, 4) is 11.5 Å². The van der Waals surface area contributed by atoms with Gasteiger partial charge < -0.3 is 15.2 Å². The average Bonchev–Trinajstić information content (AvgIpc) is 3.13. The maximum atomic E-state index is 12.5. The number of halogens is 2. The molecule has 0 unspecified atom stereocenters. The molecule has 1 aromatic heterocycles. The van der Waals surface area contributed by atoms with E-state index in [2.05, 4.69) is 64.1 Å². The lowest BCUT2D eigenvalue weighted by Crippen LogP contribution is -2.42. The van der Waals surface area contributed by atoms with Gasteiger partial charge in [0, 0.05) is 30.6 Å². The molecule has 0 aliphatic rings. The number of nitrogens with one attached hydrogen (secondary N) is 2. The first kappa shape index (κ1) is 27.2. The number of amides is 2. The number of phenolic OH excluding ortho intramolecular Hbond substituents is 1. The molecule has 11 heteroatoms. The van der Waals surface area contributed by atoms with Gasteiger partial charge in [0.25, 0.3) is 11.8 Å². The summed E-state index contributed by atoms with van der Waals surface area (Å²) >= 11 is 4.38. The minimum Gasteiger partial charge on any atom is -0.507 e. The molecule has 0 saturated heterocycles. The van der Waals surface area contributed by atoms with E-state index >= 15 is 0 Å². The summed E-state index contributed by atoms with van der Waals surface area (Å²) in [6, 6.07) is 3.57. The van der Waals surface area contributed by atoms with Gasteiger partial charge in [0.15, 0.2) is 5.13 Å². The van der Waals surface area contributed by atoms with Crippen molar-refractivity contribution in [3.05, 3.63) is 33.2 Å². The van der Waals surface area contributed by atoms with Crippen LogP contribution in [-0.2, 0) is 0 Å². The number of benzene rings is 1. The van der Waals surface area contributed by atoms with Crippen molar-refractivity contribution >= 4 is 56.6 Å². The molecule has 0 saturated carbocycles. The maximum Gasteiger partial charge on any atom is 0.270 e. The molecule has 172 valence electrons. The number of phenols is 1. The van der Waals surface area contributed by atoms with Crippen molar-refractivity contribution in [1.82, 2.24) is 15.2 Å². The van der Waals surface area contributed by atoms with Gasteiger partial charge in [0.1, 0.15) is 17.2 Å². The zero-order valence-corrected chi connectivity index (χ0v) is 21.3. The Hall–Kier alpha value is -1.88. The Bertz CT molecular complexity index is 899. The molecule has 0 radical (unpaired) electrons. The Morgan fingerprint density at radius 1 is 1.23 bits per heavy atom. The molecule has 3 N–H and O–H groups in total. The molecule has 1 heterocycles. The highest BCUT2D eigenvalue weighted by molar-refractivity contribution is 9.10. The molecule has 2 rings (SSSR count). The second-order valence-corrected chi connectivity index (χ2v) is 8.89. The summed E-state index contributed by atoms with van der Waals surface area (Å²) in [6.45, 7) is 9.72. The normalized spacial score (nSPS) is 10.9. The summed E-state index contributed by atoms with van der Waals surface area (Å²) in [7, 11) is 1.46. The van der Waals surface area contributed by atoms with E-state index in [0.717, 1.165) is 17.9 Å². The van der Waals surface area contributed by atoms with Crippen LogP contribution in [0.2, 0.25) is 0 Å². The van der Waals surface area contributed by atoms with Crippen LogP contribution < -0.4 is 15.4 Å². The number of nitrogens with zero attached hydrogens (tertiary/aromatic N) is 2. The van der Waals surface area contributed by atoms with Gasteiger partial charge in [-0.1, -0.05) is 0 Å². The lowest BCUT2D eigenvalue weighted by molar-refractivity contribution is 0.0934. The zero-order valence-electron chi connectivity index (χ0n) is 18.1. The predicted molar refractivity (Wildman–Crippen MR) is 129 cm³/mol. The van der Waals surface area contributed by atoms with E-state index in [9.17, 15) is 14.7 Å². The van der Waals surface area contributed by atoms with Crippen LogP contribution in [0.4, 0.5) is 5.13 Å². The summed E-state index contributed by atoms with van der Waals surface area (Å²) in [6.07, 6.45) is 0. The fourth-order valence-corrected chi connectivity index (χ4v) is 4.16. The summed E-state index contributed by atoms with van der Waals surface area (Å²) < 4.78 is 5.68. The van der Waals surface area contributed by atoms with Crippen LogP contribution in [0.3, 0.4) is 0 Å². The first-order valence-corrected chi connectivity index (χ1v) is 11.2. The van der Waals surface area contributed by atoms with E-state index in [-0.39, 0.29) is 40.5 Å². The summed E-state index contributed by atoms with van der Waals surface area (Å²) in [5.74, 6) is -0.639. The lowest BCUT2D eigenvalue weighted by Gasteiger charge is -2.30. The third-order valence-electron chi connectivity index (χ3n) is 4.45.